The van der Waals surface area contributed by atoms with Crippen molar-refractivity contribution in [3.05, 3.63) is 53.1 Å². The third kappa shape index (κ3) is 2.98. The van der Waals surface area contributed by atoms with E-state index < -0.39 is 23.3 Å². The van der Waals surface area contributed by atoms with Gasteiger partial charge in [0.25, 0.3) is 5.91 Å². The molecule has 0 aliphatic carbocycles. The first kappa shape index (κ1) is 15.3. The first-order chi connectivity index (χ1) is 10.9. The third-order valence-electron chi connectivity index (χ3n) is 3.08. The van der Waals surface area contributed by atoms with E-state index in [9.17, 15) is 18.0 Å². The van der Waals surface area contributed by atoms with Gasteiger partial charge in [0.2, 0.25) is 0 Å². The van der Waals surface area contributed by atoms with Gasteiger partial charge < -0.3 is 10.3 Å². The van der Waals surface area contributed by atoms with Crippen molar-refractivity contribution in [3.8, 4) is 0 Å². The molecule has 0 saturated heterocycles. The molecule has 0 bridgehead atoms. The van der Waals surface area contributed by atoms with Crippen molar-refractivity contribution in [2.24, 2.45) is 0 Å². The lowest BCUT2D eigenvalue weighted by molar-refractivity contribution is -0.138. The number of fused-ring (bicyclic) bond motifs is 1. The number of hydrogen-bond donors (Lipinski definition) is 2. The van der Waals surface area contributed by atoms with Crippen molar-refractivity contribution in [3.63, 3.8) is 0 Å². The average molecular weight is 341 g/mol. The smallest absolute Gasteiger partial charge is 0.344 e. The van der Waals surface area contributed by atoms with Gasteiger partial charge in [-0.25, -0.2) is 9.97 Å². The van der Waals surface area contributed by atoms with E-state index in [4.69, 9.17) is 11.6 Å². The second-order valence-corrected chi connectivity index (χ2v) is 4.97. The van der Waals surface area contributed by atoms with Gasteiger partial charge in [-0.2, -0.15) is 13.2 Å². The van der Waals surface area contributed by atoms with Crippen LogP contribution in [0.4, 0.5) is 18.9 Å². The summed E-state index contributed by atoms with van der Waals surface area (Å²) < 4.78 is 39.0. The number of carbonyl (C=O) groups excluding carboxylic acids is 1. The van der Waals surface area contributed by atoms with Crippen LogP contribution in [-0.2, 0) is 6.18 Å². The summed E-state index contributed by atoms with van der Waals surface area (Å²) in [6.07, 6.45) is -1.73. The molecule has 3 rings (SSSR count). The minimum atomic E-state index is -4.72. The third-order valence-corrected chi connectivity index (χ3v) is 3.29. The zero-order chi connectivity index (χ0) is 16.6. The Bertz CT molecular complexity index is 891. The molecular weight excluding hydrogens is 333 g/mol. The van der Waals surface area contributed by atoms with Crippen LogP contribution in [0.5, 0.6) is 0 Å². The molecule has 5 nitrogen and oxygen atoms in total. The van der Waals surface area contributed by atoms with Gasteiger partial charge in [-0.3, -0.25) is 4.79 Å². The van der Waals surface area contributed by atoms with E-state index in [1.54, 1.807) is 18.3 Å². The Balaban J connectivity index is 1.99. The van der Waals surface area contributed by atoms with E-state index in [1.807, 2.05) is 0 Å². The van der Waals surface area contributed by atoms with Gasteiger partial charge in [-0.05, 0) is 24.3 Å². The molecule has 0 radical (unpaired) electrons. The fourth-order valence-electron chi connectivity index (χ4n) is 2.08. The number of halogens is 4. The van der Waals surface area contributed by atoms with Crippen LogP contribution in [0.25, 0.3) is 11.0 Å². The monoisotopic (exact) mass is 340 g/mol. The number of nitrogens with zero attached hydrogens (tertiary/aromatic N) is 2. The fourth-order valence-corrected chi connectivity index (χ4v) is 2.23. The summed E-state index contributed by atoms with van der Waals surface area (Å²) in [6.45, 7) is 0. The van der Waals surface area contributed by atoms with Crippen molar-refractivity contribution < 1.29 is 18.0 Å². The molecule has 2 N–H and O–H groups in total. The second-order valence-electron chi connectivity index (χ2n) is 4.58. The molecule has 9 heteroatoms. The number of nitrogens with one attached hydrogen (secondary N) is 2. The van der Waals surface area contributed by atoms with Crippen LogP contribution in [0.1, 0.15) is 16.1 Å². The van der Waals surface area contributed by atoms with Crippen molar-refractivity contribution >= 4 is 34.2 Å². The van der Waals surface area contributed by atoms with Crippen molar-refractivity contribution in [1.29, 1.82) is 0 Å². The van der Waals surface area contributed by atoms with Crippen LogP contribution in [0.15, 0.2) is 36.7 Å². The normalized spacial score (nSPS) is 11.7. The Morgan fingerprint density at radius 3 is 2.78 bits per heavy atom. The Morgan fingerprint density at radius 2 is 2.04 bits per heavy atom. The Labute approximate surface area is 132 Å². The minimum absolute atomic E-state index is 0.205. The van der Waals surface area contributed by atoms with E-state index in [-0.39, 0.29) is 5.15 Å². The number of aromatic amines is 1. The lowest BCUT2D eigenvalue weighted by Gasteiger charge is -2.12. The molecule has 23 heavy (non-hydrogen) atoms. The second kappa shape index (κ2) is 5.54. The number of rotatable bonds is 2. The summed E-state index contributed by atoms with van der Waals surface area (Å²) in [5.74, 6) is -1.01. The molecule has 3 aromatic rings. The molecule has 0 unspecified atom stereocenters. The summed E-state index contributed by atoms with van der Waals surface area (Å²) in [5.41, 5.74) is -1.15. The Hall–Kier alpha value is -2.61. The van der Waals surface area contributed by atoms with E-state index >= 15 is 0 Å². The SMILES string of the molecule is O=C(Nc1c[nH]c2ncccc12)c1nc(Cl)ccc1C(F)(F)F. The van der Waals surface area contributed by atoms with Gasteiger partial charge in [0.15, 0.2) is 0 Å². The molecule has 0 aliphatic heterocycles. The molecular formula is C14H8ClF3N4O. The highest BCUT2D eigenvalue weighted by molar-refractivity contribution is 6.29. The van der Waals surface area contributed by atoms with Crippen molar-refractivity contribution in [2.75, 3.05) is 5.32 Å². The van der Waals surface area contributed by atoms with Gasteiger partial charge in [0.05, 0.1) is 11.3 Å². The topological polar surface area (TPSA) is 70.7 Å². The first-order valence-corrected chi connectivity index (χ1v) is 6.71. The highest BCUT2D eigenvalue weighted by atomic mass is 35.5. The number of H-pyrrole nitrogens is 1. The number of anilines is 1. The van der Waals surface area contributed by atoms with Gasteiger partial charge >= 0.3 is 6.18 Å². The molecule has 118 valence electrons. The minimum Gasteiger partial charge on any atom is -0.344 e. The van der Waals surface area contributed by atoms with Crippen LogP contribution in [0.2, 0.25) is 5.15 Å². The molecule has 3 heterocycles. The Morgan fingerprint density at radius 1 is 1.26 bits per heavy atom. The predicted molar refractivity (Wildman–Crippen MR) is 78.3 cm³/mol. The maximum atomic E-state index is 13.0. The van der Waals surface area contributed by atoms with Crippen molar-refractivity contribution in [1.82, 2.24) is 15.0 Å². The standard InChI is InChI=1S/C14H8ClF3N4O/c15-10-4-3-8(14(16,17)18)11(22-10)13(23)21-9-6-20-12-7(9)2-1-5-19-12/h1-6H,(H,19,20)(H,21,23). The maximum absolute atomic E-state index is 13.0. The number of aromatic nitrogens is 3. The van der Waals surface area contributed by atoms with E-state index in [0.717, 1.165) is 12.1 Å². The van der Waals surface area contributed by atoms with Crippen LogP contribution in [-0.4, -0.2) is 20.9 Å². The quantitative estimate of drug-likeness (QED) is 0.695. The number of pyridine rings is 2. The van der Waals surface area contributed by atoms with Crippen LogP contribution >= 0.6 is 11.6 Å². The van der Waals surface area contributed by atoms with Crippen molar-refractivity contribution in [2.45, 2.75) is 6.18 Å². The number of carbonyl (C=O) groups is 1. The summed E-state index contributed by atoms with van der Waals surface area (Å²) in [4.78, 5) is 22.6. The lowest BCUT2D eigenvalue weighted by atomic mass is 10.1. The average Bonchev–Trinajstić information content (AvgIpc) is 2.89. The molecule has 0 saturated carbocycles. The Kier molecular flexibility index (Phi) is 3.69. The molecule has 0 atom stereocenters. The zero-order valence-electron chi connectivity index (χ0n) is 11.3. The number of hydrogen-bond acceptors (Lipinski definition) is 3. The van der Waals surface area contributed by atoms with Gasteiger partial charge in [0.1, 0.15) is 16.5 Å². The predicted octanol–water partition coefficient (Wildman–Crippen LogP) is 3.88. The van der Waals surface area contributed by atoms with Crippen LogP contribution in [0.3, 0.4) is 0 Å². The number of amides is 1. The molecule has 3 aromatic heterocycles. The summed E-state index contributed by atoms with van der Waals surface area (Å²) in [6, 6.07) is 5.02. The summed E-state index contributed by atoms with van der Waals surface area (Å²) in [7, 11) is 0. The first-order valence-electron chi connectivity index (χ1n) is 6.33. The zero-order valence-corrected chi connectivity index (χ0v) is 12.0. The summed E-state index contributed by atoms with van der Waals surface area (Å²) in [5, 5.41) is 2.75. The van der Waals surface area contributed by atoms with Gasteiger partial charge in [-0.15, -0.1) is 0 Å². The van der Waals surface area contributed by atoms with E-state index in [2.05, 4.69) is 20.3 Å². The highest BCUT2D eigenvalue weighted by Crippen LogP contribution is 2.32. The molecule has 1 amide bonds. The molecule has 0 spiro atoms. The fraction of sp³-hybridized carbons (Fsp3) is 0.0714. The molecule has 0 aliphatic rings. The molecule has 0 fully saturated rings. The van der Waals surface area contributed by atoms with E-state index in [1.165, 1.54) is 6.20 Å². The number of alkyl halides is 3. The van der Waals surface area contributed by atoms with Gasteiger partial charge in [0, 0.05) is 17.8 Å². The van der Waals surface area contributed by atoms with Crippen LogP contribution < -0.4 is 5.32 Å². The summed E-state index contributed by atoms with van der Waals surface area (Å²) >= 11 is 5.61. The maximum Gasteiger partial charge on any atom is 0.418 e. The van der Waals surface area contributed by atoms with Gasteiger partial charge in [-0.1, -0.05) is 11.6 Å². The highest BCUT2D eigenvalue weighted by Gasteiger charge is 2.36. The molecule has 0 aromatic carbocycles. The lowest BCUT2D eigenvalue weighted by Crippen LogP contribution is -2.20. The van der Waals surface area contributed by atoms with Crippen LogP contribution in [0, 0.1) is 0 Å². The largest absolute Gasteiger partial charge is 0.418 e. The van der Waals surface area contributed by atoms with E-state index in [0.29, 0.717) is 16.7 Å².